The van der Waals surface area contributed by atoms with Gasteiger partial charge in [-0.2, -0.15) is 0 Å². The van der Waals surface area contributed by atoms with Crippen LogP contribution in [-0.4, -0.2) is 51.2 Å². The van der Waals surface area contributed by atoms with Crippen LogP contribution in [0.15, 0.2) is 42.6 Å². The first-order valence-corrected chi connectivity index (χ1v) is 14.4. The van der Waals surface area contributed by atoms with Crippen LogP contribution in [0.25, 0.3) is 10.9 Å². The maximum atomic E-state index is 12.6. The Bertz CT molecular complexity index is 1330. The number of ether oxygens (including phenoxy) is 2. The van der Waals surface area contributed by atoms with E-state index < -0.39 is 17.7 Å². The van der Waals surface area contributed by atoms with Crippen molar-refractivity contribution < 1.29 is 19.1 Å². The summed E-state index contributed by atoms with van der Waals surface area (Å²) in [6, 6.07) is 11.0. The fourth-order valence-electron chi connectivity index (χ4n) is 4.81. The molecule has 0 spiro atoms. The molecule has 220 valence electrons. The lowest BCUT2D eigenvalue weighted by Crippen LogP contribution is -2.41. The van der Waals surface area contributed by atoms with E-state index in [2.05, 4.69) is 20.9 Å². The SMILES string of the molecule is CC(C)Nc1nc([C@@H](C)OC(=O)c2ccccc2)cc2cnc(NCC3CCC(NC(=O)OC(C)(C)C)CC3)nc12. The number of carbonyl (C=O) groups is 2. The highest BCUT2D eigenvalue weighted by Gasteiger charge is 2.25. The Hall–Kier alpha value is -3.95. The number of hydrogen-bond donors (Lipinski definition) is 3. The van der Waals surface area contributed by atoms with E-state index in [4.69, 9.17) is 19.4 Å². The van der Waals surface area contributed by atoms with Crippen molar-refractivity contribution in [1.82, 2.24) is 20.3 Å². The Labute approximate surface area is 242 Å². The lowest BCUT2D eigenvalue weighted by Gasteiger charge is -2.30. The van der Waals surface area contributed by atoms with Crippen LogP contribution >= 0.6 is 0 Å². The summed E-state index contributed by atoms with van der Waals surface area (Å²) in [7, 11) is 0. The van der Waals surface area contributed by atoms with Crippen LogP contribution < -0.4 is 16.0 Å². The van der Waals surface area contributed by atoms with Crippen LogP contribution in [0.3, 0.4) is 0 Å². The van der Waals surface area contributed by atoms with E-state index in [1.165, 1.54) is 0 Å². The van der Waals surface area contributed by atoms with Crippen molar-refractivity contribution in [3.05, 3.63) is 53.9 Å². The number of nitrogens with one attached hydrogen (secondary N) is 3. The molecule has 1 aliphatic carbocycles. The molecule has 1 fully saturated rings. The van der Waals surface area contributed by atoms with Gasteiger partial charge in [-0.05, 0) is 91.3 Å². The Morgan fingerprint density at radius 2 is 1.73 bits per heavy atom. The molecule has 1 atom stereocenters. The highest BCUT2D eigenvalue weighted by atomic mass is 16.6. The van der Waals surface area contributed by atoms with E-state index in [1.54, 1.807) is 30.5 Å². The number of pyridine rings is 1. The number of anilines is 2. The van der Waals surface area contributed by atoms with E-state index in [0.29, 0.717) is 34.5 Å². The first kappa shape index (κ1) is 30.0. The lowest BCUT2D eigenvalue weighted by atomic mass is 9.86. The van der Waals surface area contributed by atoms with Crippen LogP contribution in [0.1, 0.15) is 89.4 Å². The predicted molar refractivity (Wildman–Crippen MR) is 160 cm³/mol. The lowest BCUT2D eigenvalue weighted by molar-refractivity contribution is 0.0329. The number of hydrogen-bond acceptors (Lipinski definition) is 9. The average molecular weight is 563 g/mol. The van der Waals surface area contributed by atoms with Gasteiger partial charge in [0.1, 0.15) is 17.2 Å². The summed E-state index contributed by atoms with van der Waals surface area (Å²) in [6.07, 6.45) is 4.66. The maximum Gasteiger partial charge on any atom is 0.407 e. The predicted octanol–water partition coefficient (Wildman–Crippen LogP) is 6.26. The molecule has 4 rings (SSSR count). The molecule has 0 saturated heterocycles. The second-order valence-electron chi connectivity index (χ2n) is 12.0. The van der Waals surface area contributed by atoms with Crippen molar-refractivity contribution in [2.24, 2.45) is 5.92 Å². The maximum absolute atomic E-state index is 12.6. The summed E-state index contributed by atoms with van der Waals surface area (Å²) in [4.78, 5) is 38.8. The normalized spacial score (nSPS) is 18.0. The molecule has 0 unspecified atom stereocenters. The van der Waals surface area contributed by atoms with Gasteiger partial charge >= 0.3 is 12.1 Å². The number of carbonyl (C=O) groups excluding carboxylic acids is 2. The first-order valence-electron chi connectivity index (χ1n) is 14.4. The monoisotopic (exact) mass is 562 g/mol. The number of fused-ring (bicyclic) bond motifs is 1. The fraction of sp³-hybridized carbons (Fsp3) is 0.516. The molecule has 10 nitrogen and oxygen atoms in total. The summed E-state index contributed by atoms with van der Waals surface area (Å²) < 4.78 is 11.1. The van der Waals surface area contributed by atoms with Crippen LogP contribution in [0.5, 0.6) is 0 Å². The number of esters is 1. The zero-order valence-corrected chi connectivity index (χ0v) is 24.9. The summed E-state index contributed by atoms with van der Waals surface area (Å²) in [5.74, 6) is 1.22. The van der Waals surface area contributed by atoms with E-state index in [-0.39, 0.29) is 18.2 Å². The molecular formula is C31H42N6O4. The van der Waals surface area contributed by atoms with Crippen molar-refractivity contribution in [2.75, 3.05) is 17.2 Å². The number of rotatable bonds is 9. The topological polar surface area (TPSA) is 127 Å². The van der Waals surface area contributed by atoms with Crippen molar-refractivity contribution >= 4 is 34.7 Å². The van der Waals surface area contributed by atoms with Gasteiger partial charge in [-0.15, -0.1) is 0 Å². The minimum Gasteiger partial charge on any atom is -0.453 e. The Balaban J connectivity index is 1.39. The molecule has 1 amide bonds. The van der Waals surface area contributed by atoms with Crippen LogP contribution in [0, 0.1) is 5.92 Å². The van der Waals surface area contributed by atoms with Crippen LogP contribution in [0.2, 0.25) is 0 Å². The third-order valence-electron chi connectivity index (χ3n) is 6.84. The van der Waals surface area contributed by atoms with E-state index in [9.17, 15) is 9.59 Å². The largest absolute Gasteiger partial charge is 0.453 e. The highest BCUT2D eigenvalue weighted by molar-refractivity contribution is 5.90. The molecule has 1 saturated carbocycles. The second kappa shape index (κ2) is 13.1. The van der Waals surface area contributed by atoms with E-state index in [0.717, 1.165) is 37.6 Å². The zero-order chi connectivity index (χ0) is 29.6. The summed E-state index contributed by atoms with van der Waals surface area (Å²) in [5, 5.41) is 10.6. The van der Waals surface area contributed by atoms with Crippen molar-refractivity contribution in [2.45, 2.75) is 91.0 Å². The molecule has 0 bridgehead atoms. The van der Waals surface area contributed by atoms with Gasteiger partial charge in [0, 0.05) is 30.2 Å². The van der Waals surface area contributed by atoms with E-state index in [1.807, 2.05) is 53.7 Å². The third kappa shape index (κ3) is 8.77. The molecule has 0 aliphatic heterocycles. The van der Waals surface area contributed by atoms with E-state index >= 15 is 0 Å². The second-order valence-corrected chi connectivity index (χ2v) is 12.0. The van der Waals surface area contributed by atoms with Gasteiger partial charge in [-0.25, -0.2) is 24.5 Å². The van der Waals surface area contributed by atoms with Crippen molar-refractivity contribution in [3.63, 3.8) is 0 Å². The molecule has 3 aromatic rings. The third-order valence-corrected chi connectivity index (χ3v) is 6.84. The molecule has 2 aromatic heterocycles. The standard InChI is InChI=1S/C31H42N6O4/c1-19(2)34-27-26-23(16-25(36-27)20(3)40-28(38)22-10-8-7-9-11-22)18-33-29(37-26)32-17-21-12-14-24(15-13-21)35-30(39)41-31(4,5)6/h7-11,16,18-21,24H,12-15,17H2,1-6H3,(H,34,36)(H,35,39)(H,32,33,37)/t20-,21?,24?/m1/s1. The quantitative estimate of drug-likeness (QED) is 0.259. The molecule has 41 heavy (non-hydrogen) atoms. The molecule has 0 radical (unpaired) electrons. The smallest absolute Gasteiger partial charge is 0.407 e. The Kier molecular flexibility index (Phi) is 9.62. The van der Waals surface area contributed by atoms with Gasteiger partial charge in [0.25, 0.3) is 0 Å². The van der Waals surface area contributed by atoms with Gasteiger partial charge < -0.3 is 25.4 Å². The molecule has 3 N–H and O–H groups in total. The number of nitrogens with zero attached hydrogens (tertiary/aromatic N) is 3. The highest BCUT2D eigenvalue weighted by Crippen LogP contribution is 2.28. The number of aromatic nitrogens is 3. The van der Waals surface area contributed by atoms with Crippen molar-refractivity contribution in [1.29, 1.82) is 0 Å². The number of amides is 1. The van der Waals surface area contributed by atoms with Crippen LogP contribution in [-0.2, 0) is 9.47 Å². The molecular weight excluding hydrogens is 520 g/mol. The summed E-state index contributed by atoms with van der Waals surface area (Å²) in [5.41, 5.74) is 1.31. The van der Waals surface area contributed by atoms with Crippen molar-refractivity contribution in [3.8, 4) is 0 Å². The molecule has 1 aliphatic rings. The molecule has 2 heterocycles. The Morgan fingerprint density at radius 1 is 1.02 bits per heavy atom. The minimum absolute atomic E-state index is 0.124. The first-order chi connectivity index (χ1) is 19.5. The summed E-state index contributed by atoms with van der Waals surface area (Å²) >= 11 is 0. The zero-order valence-electron chi connectivity index (χ0n) is 24.9. The molecule has 10 heteroatoms. The van der Waals surface area contributed by atoms with Gasteiger partial charge in [-0.3, -0.25) is 0 Å². The van der Waals surface area contributed by atoms with Crippen LogP contribution in [0.4, 0.5) is 16.6 Å². The van der Waals surface area contributed by atoms with Gasteiger partial charge in [0.15, 0.2) is 5.82 Å². The fourth-order valence-corrected chi connectivity index (χ4v) is 4.81. The minimum atomic E-state index is -0.558. The average Bonchev–Trinajstić information content (AvgIpc) is 2.91. The number of alkyl carbamates (subject to hydrolysis) is 1. The van der Waals surface area contributed by atoms with Gasteiger partial charge in [0.2, 0.25) is 5.95 Å². The van der Waals surface area contributed by atoms with Gasteiger partial charge in [-0.1, -0.05) is 18.2 Å². The van der Waals surface area contributed by atoms with Gasteiger partial charge in [0.05, 0.1) is 11.3 Å². The molecule has 1 aromatic carbocycles. The Morgan fingerprint density at radius 3 is 2.39 bits per heavy atom. The number of benzene rings is 1. The summed E-state index contributed by atoms with van der Waals surface area (Å²) in [6.45, 7) is 12.2.